The first-order valence-electron chi connectivity index (χ1n) is 6.30. The molecule has 0 atom stereocenters. The lowest BCUT2D eigenvalue weighted by molar-refractivity contribution is -0.121. The number of carbonyl (C=O) groups is 1. The molecule has 0 spiro atoms. The molecule has 0 aromatic heterocycles. The molecule has 0 saturated carbocycles. The summed E-state index contributed by atoms with van der Waals surface area (Å²) in [4.78, 5) is 13.9. The maximum Gasteiger partial charge on any atom is 0.221 e. The van der Waals surface area contributed by atoms with E-state index < -0.39 is 0 Å². The molecule has 0 aromatic rings. The fourth-order valence-corrected chi connectivity index (χ4v) is 1.92. The number of ether oxygens (including phenoxy) is 1. The number of hydrogen-bond acceptors (Lipinski definition) is 4. The summed E-state index contributed by atoms with van der Waals surface area (Å²) in [5.74, 6) is 0.112. The topological polar surface area (TPSA) is 53.6 Å². The summed E-state index contributed by atoms with van der Waals surface area (Å²) in [7, 11) is 1.85. The van der Waals surface area contributed by atoms with Gasteiger partial charge >= 0.3 is 0 Å². The van der Waals surface area contributed by atoms with Crippen molar-refractivity contribution in [2.45, 2.75) is 25.8 Å². The van der Waals surface area contributed by atoms with Crippen molar-refractivity contribution >= 4 is 30.7 Å². The highest BCUT2D eigenvalue weighted by Crippen LogP contribution is 2.14. The zero-order valence-electron chi connectivity index (χ0n) is 12.0. The van der Waals surface area contributed by atoms with Gasteiger partial charge in [-0.25, -0.2) is 0 Å². The van der Waals surface area contributed by atoms with E-state index in [-0.39, 0.29) is 36.3 Å². The predicted molar refractivity (Wildman–Crippen MR) is 82.5 cm³/mol. The Morgan fingerprint density at radius 3 is 2.37 bits per heavy atom. The number of halogens is 2. The second kappa shape index (κ2) is 10.7. The molecule has 1 amide bonds. The van der Waals surface area contributed by atoms with Gasteiger partial charge in [-0.3, -0.25) is 9.69 Å². The van der Waals surface area contributed by atoms with Crippen molar-refractivity contribution in [2.75, 3.05) is 46.4 Å². The number of nitrogens with zero attached hydrogens (tertiary/aromatic N) is 1. The van der Waals surface area contributed by atoms with E-state index in [1.54, 1.807) is 0 Å². The van der Waals surface area contributed by atoms with Crippen LogP contribution in [-0.4, -0.2) is 62.8 Å². The molecule has 19 heavy (non-hydrogen) atoms. The normalized spacial score (nSPS) is 16.2. The lowest BCUT2D eigenvalue weighted by Crippen LogP contribution is -2.55. The van der Waals surface area contributed by atoms with Crippen LogP contribution < -0.4 is 10.6 Å². The van der Waals surface area contributed by atoms with Gasteiger partial charge < -0.3 is 15.4 Å². The highest BCUT2D eigenvalue weighted by atomic mass is 35.5. The number of nitrogens with one attached hydrogen (secondary N) is 2. The quantitative estimate of drug-likeness (QED) is 0.756. The maximum atomic E-state index is 11.5. The second-order valence-corrected chi connectivity index (χ2v) is 5.04. The molecule has 116 valence electrons. The van der Waals surface area contributed by atoms with Gasteiger partial charge in [-0.15, -0.1) is 24.8 Å². The summed E-state index contributed by atoms with van der Waals surface area (Å²) in [6, 6.07) is 0. The smallest absolute Gasteiger partial charge is 0.221 e. The van der Waals surface area contributed by atoms with Crippen LogP contribution in [0.2, 0.25) is 0 Å². The van der Waals surface area contributed by atoms with E-state index in [2.05, 4.69) is 29.4 Å². The number of carbonyl (C=O) groups excluding carboxylic acids is 1. The molecule has 1 aliphatic heterocycles. The van der Waals surface area contributed by atoms with Crippen LogP contribution in [0.3, 0.4) is 0 Å². The predicted octanol–water partition coefficient (Wildman–Crippen LogP) is 0.666. The van der Waals surface area contributed by atoms with Crippen molar-refractivity contribution in [3.05, 3.63) is 0 Å². The van der Waals surface area contributed by atoms with E-state index in [0.29, 0.717) is 13.0 Å². The third-order valence-corrected chi connectivity index (χ3v) is 3.19. The van der Waals surface area contributed by atoms with Crippen LogP contribution in [-0.2, 0) is 9.53 Å². The zero-order chi connectivity index (χ0) is 12.7. The van der Waals surface area contributed by atoms with E-state index in [1.807, 2.05) is 7.05 Å². The molecule has 1 aliphatic rings. The van der Waals surface area contributed by atoms with Gasteiger partial charge in [-0.05, 0) is 20.9 Å². The number of hydrogen-bond donors (Lipinski definition) is 2. The standard InChI is InChI=1S/C12H25N3O2.2ClH/c1-12(2,15-6-8-17-9-7-15)10-14-11(16)4-5-13-3;;/h13H,4-10H2,1-3H3,(H,14,16);2*1H. The van der Waals surface area contributed by atoms with Crippen molar-refractivity contribution in [2.24, 2.45) is 0 Å². The van der Waals surface area contributed by atoms with E-state index in [0.717, 1.165) is 32.8 Å². The molecule has 1 rings (SSSR count). The van der Waals surface area contributed by atoms with Crippen LogP contribution in [0.15, 0.2) is 0 Å². The molecule has 2 N–H and O–H groups in total. The third kappa shape index (κ3) is 7.95. The minimum Gasteiger partial charge on any atom is -0.379 e. The molecule has 1 heterocycles. The highest BCUT2D eigenvalue weighted by Gasteiger charge is 2.28. The fraction of sp³-hybridized carbons (Fsp3) is 0.917. The van der Waals surface area contributed by atoms with E-state index >= 15 is 0 Å². The summed E-state index contributed by atoms with van der Waals surface area (Å²) < 4.78 is 5.34. The van der Waals surface area contributed by atoms with Gasteiger partial charge in [0.25, 0.3) is 0 Å². The van der Waals surface area contributed by atoms with Crippen LogP contribution in [0, 0.1) is 0 Å². The average molecular weight is 316 g/mol. The van der Waals surface area contributed by atoms with Crippen molar-refractivity contribution < 1.29 is 9.53 Å². The molecule has 0 aromatic carbocycles. The average Bonchev–Trinajstić information content (AvgIpc) is 2.35. The SMILES string of the molecule is CNCCC(=O)NCC(C)(C)N1CCOCC1.Cl.Cl. The first kappa shape index (κ1) is 21.2. The Labute approximate surface area is 128 Å². The van der Waals surface area contributed by atoms with Crippen molar-refractivity contribution in [3.8, 4) is 0 Å². The Bertz CT molecular complexity index is 247. The second-order valence-electron chi connectivity index (χ2n) is 5.04. The number of amides is 1. The van der Waals surface area contributed by atoms with Gasteiger partial charge in [0.05, 0.1) is 13.2 Å². The van der Waals surface area contributed by atoms with Crippen LogP contribution in [0.25, 0.3) is 0 Å². The molecular weight excluding hydrogens is 289 g/mol. The molecular formula is C12H27Cl2N3O2. The molecule has 0 radical (unpaired) electrons. The largest absolute Gasteiger partial charge is 0.379 e. The van der Waals surface area contributed by atoms with Crippen LogP contribution in [0.4, 0.5) is 0 Å². The molecule has 1 fully saturated rings. The maximum absolute atomic E-state index is 11.5. The monoisotopic (exact) mass is 315 g/mol. The highest BCUT2D eigenvalue weighted by molar-refractivity contribution is 5.85. The van der Waals surface area contributed by atoms with Gasteiger partial charge in [0.15, 0.2) is 0 Å². The van der Waals surface area contributed by atoms with Gasteiger partial charge in [0.2, 0.25) is 5.91 Å². The van der Waals surface area contributed by atoms with Crippen LogP contribution >= 0.6 is 24.8 Å². The van der Waals surface area contributed by atoms with Crippen LogP contribution in [0.5, 0.6) is 0 Å². The molecule has 0 bridgehead atoms. The van der Waals surface area contributed by atoms with Gasteiger partial charge in [0.1, 0.15) is 0 Å². The lowest BCUT2D eigenvalue weighted by atomic mass is 10.0. The van der Waals surface area contributed by atoms with Crippen molar-refractivity contribution in [3.63, 3.8) is 0 Å². The Morgan fingerprint density at radius 1 is 1.26 bits per heavy atom. The van der Waals surface area contributed by atoms with Crippen LogP contribution in [0.1, 0.15) is 20.3 Å². The number of rotatable bonds is 6. The molecule has 0 unspecified atom stereocenters. The lowest BCUT2D eigenvalue weighted by Gasteiger charge is -2.40. The summed E-state index contributed by atoms with van der Waals surface area (Å²) in [6.45, 7) is 9.21. The zero-order valence-corrected chi connectivity index (χ0v) is 13.7. The van der Waals surface area contributed by atoms with Crippen molar-refractivity contribution in [1.82, 2.24) is 15.5 Å². The molecule has 7 heteroatoms. The molecule has 1 saturated heterocycles. The summed E-state index contributed by atoms with van der Waals surface area (Å²) in [5, 5.41) is 5.96. The van der Waals surface area contributed by atoms with Gasteiger partial charge in [0, 0.05) is 38.1 Å². The minimum absolute atomic E-state index is 0. The fourth-order valence-electron chi connectivity index (χ4n) is 1.92. The summed E-state index contributed by atoms with van der Waals surface area (Å²) in [5.41, 5.74) is -0.000910. The Morgan fingerprint density at radius 2 is 1.84 bits per heavy atom. The Kier molecular flexibility index (Phi) is 11.9. The van der Waals surface area contributed by atoms with Gasteiger partial charge in [-0.2, -0.15) is 0 Å². The first-order chi connectivity index (χ1) is 8.06. The minimum atomic E-state index is -0.000910. The van der Waals surface area contributed by atoms with E-state index in [4.69, 9.17) is 4.74 Å². The Balaban J connectivity index is 0. The van der Waals surface area contributed by atoms with Crippen molar-refractivity contribution in [1.29, 1.82) is 0 Å². The first-order valence-corrected chi connectivity index (χ1v) is 6.30. The Hall–Kier alpha value is -0.0700. The van der Waals surface area contributed by atoms with E-state index in [1.165, 1.54) is 0 Å². The summed E-state index contributed by atoms with van der Waals surface area (Å²) in [6.07, 6.45) is 0.537. The van der Waals surface area contributed by atoms with Gasteiger partial charge in [-0.1, -0.05) is 0 Å². The van der Waals surface area contributed by atoms with E-state index in [9.17, 15) is 4.79 Å². The third-order valence-electron chi connectivity index (χ3n) is 3.19. The summed E-state index contributed by atoms with van der Waals surface area (Å²) >= 11 is 0. The molecule has 5 nitrogen and oxygen atoms in total. The molecule has 0 aliphatic carbocycles. The number of morpholine rings is 1.